The number of nitrogens with zero attached hydrogens (tertiary/aromatic N) is 1. The lowest BCUT2D eigenvalue weighted by molar-refractivity contribution is -0.122. The highest BCUT2D eigenvalue weighted by atomic mass is 35.5. The molecule has 4 rings (SSSR count). The summed E-state index contributed by atoms with van der Waals surface area (Å²) >= 11 is 17.6. The molecule has 1 fully saturated rings. The van der Waals surface area contributed by atoms with E-state index in [0.29, 0.717) is 17.0 Å². The van der Waals surface area contributed by atoms with Crippen LogP contribution in [0, 0.1) is 0 Å². The molecule has 5 nitrogen and oxygen atoms in total. The Morgan fingerprint density at radius 2 is 1.73 bits per heavy atom. The average Bonchev–Trinajstić information content (AvgIpc) is 2.74. The molecule has 1 aliphatic rings. The zero-order chi connectivity index (χ0) is 21.4. The fourth-order valence-electron chi connectivity index (χ4n) is 3.30. The second kappa shape index (κ2) is 8.07. The maximum absolute atomic E-state index is 13.3. The molecule has 0 atom stereocenters. The van der Waals surface area contributed by atoms with E-state index in [1.165, 1.54) is 11.0 Å². The fourth-order valence-corrected chi connectivity index (χ4v) is 3.95. The third-order valence-corrected chi connectivity index (χ3v) is 5.80. The van der Waals surface area contributed by atoms with Gasteiger partial charge in [-0.2, -0.15) is 0 Å². The molecular weight excluding hydrogens is 443 g/mol. The van der Waals surface area contributed by atoms with Gasteiger partial charge in [-0.05, 0) is 47.4 Å². The summed E-state index contributed by atoms with van der Waals surface area (Å²) in [5.74, 6) is -0.479. The van der Waals surface area contributed by atoms with E-state index < -0.39 is 11.8 Å². The van der Waals surface area contributed by atoms with Crippen LogP contribution in [0.25, 0.3) is 16.8 Å². The minimum Gasteiger partial charge on any atom is -0.496 e. The monoisotopic (exact) mass is 456 g/mol. The number of carbonyl (C=O) groups excluding carboxylic acids is 2. The molecule has 150 valence electrons. The van der Waals surface area contributed by atoms with Gasteiger partial charge in [-0.3, -0.25) is 19.8 Å². The van der Waals surface area contributed by atoms with E-state index >= 15 is 0 Å². The minimum atomic E-state index is -0.590. The number of methoxy groups -OCH3 is 1. The summed E-state index contributed by atoms with van der Waals surface area (Å²) in [6, 6.07) is 16.0. The van der Waals surface area contributed by atoms with Crippen LogP contribution in [0.4, 0.5) is 5.69 Å². The molecule has 1 N–H and O–H groups in total. The van der Waals surface area contributed by atoms with Gasteiger partial charge in [0.15, 0.2) is 5.11 Å². The molecule has 1 heterocycles. The number of fused-ring (bicyclic) bond motifs is 1. The summed E-state index contributed by atoms with van der Waals surface area (Å²) in [6.45, 7) is 0. The number of ether oxygens (including phenoxy) is 1. The van der Waals surface area contributed by atoms with Crippen molar-refractivity contribution in [3.8, 4) is 5.75 Å². The average molecular weight is 457 g/mol. The Kier molecular flexibility index (Phi) is 5.47. The number of carbonyl (C=O) groups is 2. The Hall–Kier alpha value is -2.93. The summed E-state index contributed by atoms with van der Waals surface area (Å²) in [5.41, 5.74) is 0.912. The van der Waals surface area contributed by atoms with Gasteiger partial charge in [0.1, 0.15) is 11.3 Å². The third kappa shape index (κ3) is 3.43. The molecule has 0 aliphatic carbocycles. The van der Waals surface area contributed by atoms with E-state index in [0.717, 1.165) is 10.8 Å². The van der Waals surface area contributed by atoms with Gasteiger partial charge < -0.3 is 4.74 Å². The van der Waals surface area contributed by atoms with E-state index in [2.05, 4.69) is 5.32 Å². The molecule has 1 saturated heterocycles. The van der Waals surface area contributed by atoms with Gasteiger partial charge in [0, 0.05) is 5.39 Å². The number of benzene rings is 3. The maximum Gasteiger partial charge on any atom is 0.270 e. The summed E-state index contributed by atoms with van der Waals surface area (Å²) in [7, 11) is 1.59. The number of hydrogen-bond donors (Lipinski definition) is 1. The van der Waals surface area contributed by atoms with Crippen molar-refractivity contribution in [1.29, 1.82) is 0 Å². The first-order valence-corrected chi connectivity index (χ1v) is 10.00. The van der Waals surface area contributed by atoms with E-state index in [1.807, 2.05) is 24.3 Å². The van der Waals surface area contributed by atoms with Crippen LogP contribution in [0.3, 0.4) is 0 Å². The Balaban J connectivity index is 1.85. The molecule has 0 saturated carbocycles. The second-order valence-electron chi connectivity index (χ2n) is 6.43. The van der Waals surface area contributed by atoms with Crippen molar-refractivity contribution in [3.05, 3.63) is 75.8 Å². The normalized spacial score (nSPS) is 15.6. The highest BCUT2D eigenvalue weighted by Crippen LogP contribution is 2.35. The van der Waals surface area contributed by atoms with Gasteiger partial charge in [-0.15, -0.1) is 0 Å². The first-order valence-electron chi connectivity index (χ1n) is 8.83. The summed E-state index contributed by atoms with van der Waals surface area (Å²) in [5, 5.41) is 4.63. The lowest BCUT2D eigenvalue weighted by Crippen LogP contribution is -2.54. The van der Waals surface area contributed by atoms with E-state index in [-0.39, 0.29) is 20.7 Å². The van der Waals surface area contributed by atoms with Crippen LogP contribution in [0.15, 0.2) is 60.2 Å². The SMILES string of the molecule is COc1ccc(/C=C2/C(=O)NC(=S)N(c3cccc(Cl)c3Cl)C2=O)c2ccccc12. The molecule has 0 unspecified atom stereocenters. The van der Waals surface area contributed by atoms with Gasteiger partial charge in [0.2, 0.25) is 0 Å². The molecule has 0 radical (unpaired) electrons. The van der Waals surface area contributed by atoms with Crippen LogP contribution in [-0.2, 0) is 9.59 Å². The van der Waals surface area contributed by atoms with Crippen molar-refractivity contribution in [1.82, 2.24) is 5.32 Å². The molecule has 0 spiro atoms. The van der Waals surface area contributed by atoms with E-state index in [9.17, 15) is 9.59 Å². The number of halogens is 2. The quantitative estimate of drug-likeness (QED) is 0.342. The number of amides is 2. The molecule has 3 aromatic carbocycles. The van der Waals surface area contributed by atoms with Crippen LogP contribution in [0.5, 0.6) is 5.75 Å². The summed E-state index contributed by atoms with van der Waals surface area (Å²) in [6.07, 6.45) is 1.53. The van der Waals surface area contributed by atoms with E-state index in [4.69, 9.17) is 40.2 Å². The second-order valence-corrected chi connectivity index (χ2v) is 7.61. The number of rotatable bonds is 3. The Labute approximate surface area is 187 Å². The topological polar surface area (TPSA) is 58.6 Å². The maximum atomic E-state index is 13.3. The lowest BCUT2D eigenvalue weighted by atomic mass is 10.00. The highest BCUT2D eigenvalue weighted by molar-refractivity contribution is 7.80. The molecule has 3 aromatic rings. The molecule has 0 bridgehead atoms. The molecule has 30 heavy (non-hydrogen) atoms. The fraction of sp³-hybridized carbons (Fsp3) is 0.0455. The van der Waals surface area contributed by atoms with Crippen molar-refractivity contribution in [2.45, 2.75) is 0 Å². The van der Waals surface area contributed by atoms with Crippen LogP contribution in [0.1, 0.15) is 5.56 Å². The number of hydrogen-bond acceptors (Lipinski definition) is 4. The van der Waals surface area contributed by atoms with Crippen molar-refractivity contribution in [3.63, 3.8) is 0 Å². The minimum absolute atomic E-state index is 0.0640. The van der Waals surface area contributed by atoms with Crippen molar-refractivity contribution in [2.24, 2.45) is 0 Å². The highest BCUT2D eigenvalue weighted by Gasteiger charge is 2.35. The molecule has 0 aromatic heterocycles. The standard InChI is InChI=1S/C22H14Cl2N2O3S/c1-29-18-10-9-12(13-5-2-3-6-14(13)18)11-15-20(27)25-22(30)26(21(15)28)17-8-4-7-16(23)19(17)24/h2-11H,1H3,(H,25,27,30)/b15-11-. The number of anilines is 1. The first-order chi connectivity index (χ1) is 14.4. The molecular formula is C22H14Cl2N2O3S. The lowest BCUT2D eigenvalue weighted by Gasteiger charge is -2.29. The van der Waals surface area contributed by atoms with Gasteiger partial charge in [-0.1, -0.05) is 59.6 Å². The summed E-state index contributed by atoms with van der Waals surface area (Å²) < 4.78 is 5.41. The predicted molar refractivity (Wildman–Crippen MR) is 123 cm³/mol. The smallest absolute Gasteiger partial charge is 0.270 e. The third-order valence-electron chi connectivity index (χ3n) is 4.71. The van der Waals surface area contributed by atoms with Gasteiger partial charge in [0.05, 0.1) is 22.8 Å². The predicted octanol–water partition coefficient (Wildman–Crippen LogP) is 4.99. The van der Waals surface area contributed by atoms with Crippen LogP contribution >= 0.6 is 35.4 Å². The number of thiocarbonyl (C=S) groups is 1. The van der Waals surface area contributed by atoms with Crippen molar-refractivity contribution < 1.29 is 14.3 Å². The van der Waals surface area contributed by atoms with Gasteiger partial charge in [0.25, 0.3) is 11.8 Å². The Bertz CT molecular complexity index is 1260. The Morgan fingerprint density at radius 1 is 1.00 bits per heavy atom. The number of nitrogens with one attached hydrogen (secondary N) is 1. The van der Waals surface area contributed by atoms with Crippen LogP contribution in [0.2, 0.25) is 10.0 Å². The molecule has 2 amide bonds. The van der Waals surface area contributed by atoms with Crippen LogP contribution < -0.4 is 15.0 Å². The zero-order valence-electron chi connectivity index (χ0n) is 15.6. The molecule has 8 heteroatoms. The van der Waals surface area contributed by atoms with Gasteiger partial charge >= 0.3 is 0 Å². The van der Waals surface area contributed by atoms with Crippen molar-refractivity contribution >= 4 is 74.9 Å². The zero-order valence-corrected chi connectivity index (χ0v) is 17.9. The van der Waals surface area contributed by atoms with Gasteiger partial charge in [-0.25, -0.2) is 0 Å². The first kappa shape index (κ1) is 20.3. The van der Waals surface area contributed by atoms with Crippen LogP contribution in [-0.4, -0.2) is 24.0 Å². The molecule has 1 aliphatic heterocycles. The summed E-state index contributed by atoms with van der Waals surface area (Å²) in [4.78, 5) is 27.0. The van der Waals surface area contributed by atoms with E-state index in [1.54, 1.807) is 37.4 Å². The Morgan fingerprint density at radius 3 is 2.47 bits per heavy atom. The van der Waals surface area contributed by atoms with Crippen molar-refractivity contribution in [2.75, 3.05) is 12.0 Å². The largest absolute Gasteiger partial charge is 0.496 e.